The first-order chi connectivity index (χ1) is 11.4. The summed E-state index contributed by atoms with van der Waals surface area (Å²) in [6.07, 6.45) is 0. The monoisotopic (exact) mass is 328 g/mol. The first-order valence-corrected chi connectivity index (χ1v) is 8.03. The molecule has 0 bridgehead atoms. The topological polar surface area (TPSA) is 80.3 Å². The number of carboxylic acid groups (broad SMARTS) is 2. The number of carbonyl (C=O) groups excluding carboxylic acids is 2. The summed E-state index contributed by atoms with van der Waals surface area (Å²) in [6, 6.07) is 9.54. The molecule has 130 valence electrons. The molecule has 0 aliphatic heterocycles. The summed E-state index contributed by atoms with van der Waals surface area (Å²) in [5.41, 5.74) is 2.93. The van der Waals surface area contributed by atoms with E-state index in [1.807, 2.05) is 59.7 Å². The number of hydrogen-bond donors (Lipinski definition) is 0. The molecule has 0 aliphatic carbocycles. The lowest BCUT2D eigenvalue weighted by atomic mass is 9.97. The van der Waals surface area contributed by atoms with E-state index in [2.05, 4.69) is 0 Å². The Morgan fingerprint density at radius 3 is 1.29 bits per heavy atom. The zero-order valence-electron chi connectivity index (χ0n) is 15.1. The molecule has 0 fully saturated rings. The molecule has 0 spiro atoms. The lowest BCUT2D eigenvalue weighted by molar-refractivity contribution is -0.255. The maximum Gasteiger partial charge on any atom is 0.0715 e. The quantitative estimate of drug-likeness (QED) is 0.867. The van der Waals surface area contributed by atoms with Crippen LogP contribution in [-0.4, -0.2) is 11.9 Å². The van der Waals surface area contributed by atoms with Crippen LogP contribution in [0.15, 0.2) is 36.4 Å². The number of carboxylic acids is 2. The van der Waals surface area contributed by atoms with Crippen molar-refractivity contribution in [1.82, 2.24) is 0 Å². The molecule has 2 aromatic rings. The Morgan fingerprint density at radius 1 is 0.625 bits per heavy atom. The van der Waals surface area contributed by atoms with Crippen LogP contribution < -0.4 is 10.2 Å². The summed E-state index contributed by atoms with van der Waals surface area (Å²) in [4.78, 5) is 21.9. The van der Waals surface area contributed by atoms with E-state index in [4.69, 9.17) is 0 Å². The molecule has 0 unspecified atom stereocenters. The van der Waals surface area contributed by atoms with Gasteiger partial charge in [0.25, 0.3) is 0 Å². The van der Waals surface area contributed by atoms with Gasteiger partial charge >= 0.3 is 0 Å². The molecule has 0 N–H and O–H groups in total. The van der Waals surface area contributed by atoms with E-state index in [-0.39, 0.29) is 11.1 Å². The Kier molecular flexibility index (Phi) is 9.10. The van der Waals surface area contributed by atoms with Crippen molar-refractivity contribution in [2.24, 2.45) is 0 Å². The zero-order chi connectivity index (χ0) is 18.9. The van der Waals surface area contributed by atoms with Gasteiger partial charge in [0.1, 0.15) is 0 Å². The van der Waals surface area contributed by atoms with Gasteiger partial charge in [0.2, 0.25) is 0 Å². The summed E-state index contributed by atoms with van der Waals surface area (Å²) >= 11 is 0. The van der Waals surface area contributed by atoms with Gasteiger partial charge in [0.15, 0.2) is 0 Å². The molecule has 0 saturated carbocycles. The third-order valence-electron chi connectivity index (χ3n) is 2.96. The summed E-state index contributed by atoms with van der Waals surface area (Å²) in [5.74, 6) is -2.84. The molecule has 4 nitrogen and oxygen atoms in total. The number of hydrogen-bond acceptors (Lipinski definition) is 4. The van der Waals surface area contributed by atoms with Crippen molar-refractivity contribution in [1.29, 1.82) is 0 Å². The first-order valence-electron chi connectivity index (χ1n) is 8.03. The summed E-state index contributed by atoms with van der Waals surface area (Å²) < 4.78 is 0. The molecule has 0 saturated heterocycles. The van der Waals surface area contributed by atoms with Crippen molar-refractivity contribution in [2.75, 3.05) is 0 Å². The maximum atomic E-state index is 11.0. The fourth-order valence-corrected chi connectivity index (χ4v) is 2.17. The van der Waals surface area contributed by atoms with Crippen LogP contribution in [0.1, 0.15) is 59.5 Å². The van der Waals surface area contributed by atoms with Crippen molar-refractivity contribution in [3.05, 3.63) is 58.7 Å². The Morgan fingerprint density at radius 2 is 0.958 bits per heavy atom. The van der Waals surface area contributed by atoms with Crippen LogP contribution in [0.5, 0.6) is 0 Å². The highest BCUT2D eigenvalue weighted by molar-refractivity contribution is 5.94. The number of benzene rings is 2. The molecule has 0 atom stereocenters. The first kappa shape index (κ1) is 21.4. The zero-order valence-corrected chi connectivity index (χ0v) is 15.1. The summed E-state index contributed by atoms with van der Waals surface area (Å²) in [5, 5.41) is 21.9. The van der Waals surface area contributed by atoms with Crippen LogP contribution in [0, 0.1) is 13.8 Å². The third-order valence-corrected chi connectivity index (χ3v) is 2.96. The SMILES string of the molecule is CC.CC.Cc1cc(C)cc(-c2cc(C(=O)[O-])cc(C(=O)[O-])c2)c1. The second-order valence-corrected chi connectivity index (χ2v) is 4.75. The average molecular weight is 328 g/mol. The molecule has 2 aromatic carbocycles. The maximum absolute atomic E-state index is 11.0. The van der Waals surface area contributed by atoms with Gasteiger partial charge in [-0.05, 0) is 54.3 Å². The smallest absolute Gasteiger partial charge is 0.0715 e. The fraction of sp³-hybridized carbons (Fsp3) is 0.300. The van der Waals surface area contributed by atoms with Crippen LogP contribution >= 0.6 is 0 Å². The Bertz CT molecular complexity index is 650. The predicted molar refractivity (Wildman–Crippen MR) is 92.7 cm³/mol. The van der Waals surface area contributed by atoms with Crippen LogP contribution in [-0.2, 0) is 0 Å². The van der Waals surface area contributed by atoms with Crippen molar-refractivity contribution in [3.8, 4) is 11.1 Å². The molecular weight excluding hydrogens is 304 g/mol. The van der Waals surface area contributed by atoms with E-state index in [1.54, 1.807) is 0 Å². The third kappa shape index (κ3) is 5.88. The molecule has 0 radical (unpaired) electrons. The minimum atomic E-state index is -1.42. The van der Waals surface area contributed by atoms with Crippen LogP contribution in [0.25, 0.3) is 11.1 Å². The highest BCUT2D eigenvalue weighted by Gasteiger charge is 2.06. The van der Waals surface area contributed by atoms with Crippen molar-refractivity contribution in [2.45, 2.75) is 41.5 Å². The lowest BCUT2D eigenvalue weighted by Gasteiger charge is -2.12. The second kappa shape index (κ2) is 10.2. The fourth-order valence-electron chi connectivity index (χ4n) is 2.17. The van der Waals surface area contributed by atoms with E-state index in [9.17, 15) is 19.8 Å². The molecular formula is C20H24O4-2. The van der Waals surface area contributed by atoms with E-state index < -0.39 is 11.9 Å². The second-order valence-electron chi connectivity index (χ2n) is 4.75. The number of aromatic carboxylic acids is 2. The highest BCUT2D eigenvalue weighted by Crippen LogP contribution is 2.24. The van der Waals surface area contributed by atoms with Gasteiger partial charge < -0.3 is 19.8 Å². The number of rotatable bonds is 3. The Labute approximate surface area is 143 Å². The largest absolute Gasteiger partial charge is 0.545 e. The highest BCUT2D eigenvalue weighted by atomic mass is 16.4. The Hall–Kier alpha value is -2.62. The van der Waals surface area contributed by atoms with Gasteiger partial charge in [-0.3, -0.25) is 0 Å². The van der Waals surface area contributed by atoms with Crippen molar-refractivity contribution >= 4 is 11.9 Å². The normalized spacial score (nSPS) is 9.08. The number of carbonyl (C=O) groups is 2. The summed E-state index contributed by atoms with van der Waals surface area (Å²) in [6.45, 7) is 11.8. The average Bonchev–Trinajstić information content (AvgIpc) is 2.57. The summed E-state index contributed by atoms with van der Waals surface area (Å²) in [7, 11) is 0. The van der Waals surface area contributed by atoms with E-state index >= 15 is 0 Å². The predicted octanol–water partition coefficient (Wildman–Crippen LogP) is 2.75. The van der Waals surface area contributed by atoms with E-state index in [1.165, 1.54) is 12.1 Å². The molecule has 0 aliphatic rings. The van der Waals surface area contributed by atoms with E-state index in [0.29, 0.717) is 5.56 Å². The van der Waals surface area contributed by atoms with Gasteiger partial charge in [-0.1, -0.05) is 57.0 Å². The van der Waals surface area contributed by atoms with Gasteiger partial charge in [-0.15, -0.1) is 0 Å². The van der Waals surface area contributed by atoms with Gasteiger partial charge in [-0.25, -0.2) is 0 Å². The van der Waals surface area contributed by atoms with Crippen LogP contribution in [0.3, 0.4) is 0 Å². The molecule has 24 heavy (non-hydrogen) atoms. The van der Waals surface area contributed by atoms with Crippen molar-refractivity contribution in [3.63, 3.8) is 0 Å². The van der Waals surface area contributed by atoms with Gasteiger partial charge in [-0.2, -0.15) is 0 Å². The standard InChI is InChI=1S/C16H14O4.2C2H6/c1-9-3-10(2)5-11(4-9)12-6-13(15(17)18)8-14(7-12)16(19)20;2*1-2/h3-8H,1-2H3,(H,17,18)(H,19,20);2*1-2H3/p-2. The molecule has 2 rings (SSSR count). The van der Waals surface area contributed by atoms with Gasteiger partial charge in [0.05, 0.1) is 11.9 Å². The molecule has 0 aromatic heterocycles. The molecule has 4 heteroatoms. The van der Waals surface area contributed by atoms with Crippen LogP contribution in [0.2, 0.25) is 0 Å². The van der Waals surface area contributed by atoms with E-state index in [0.717, 1.165) is 22.8 Å². The van der Waals surface area contributed by atoms with Gasteiger partial charge in [0, 0.05) is 0 Å². The Balaban J connectivity index is 0.00000123. The molecule has 0 amide bonds. The van der Waals surface area contributed by atoms with Crippen molar-refractivity contribution < 1.29 is 19.8 Å². The minimum Gasteiger partial charge on any atom is -0.545 e. The minimum absolute atomic E-state index is 0.180. The number of aryl methyl sites for hydroxylation is 2. The molecule has 0 heterocycles. The lowest BCUT2D eigenvalue weighted by Crippen LogP contribution is -2.25. The van der Waals surface area contributed by atoms with Crippen LogP contribution in [0.4, 0.5) is 0 Å².